The zero-order valence-electron chi connectivity index (χ0n) is 19.8. The third kappa shape index (κ3) is 4.41. The van der Waals surface area contributed by atoms with Gasteiger partial charge < -0.3 is 9.80 Å². The second-order valence-electron chi connectivity index (χ2n) is 9.12. The molecular formula is C30H22ClFN2O2S. The first-order valence-corrected chi connectivity index (χ1v) is 13.2. The highest BCUT2D eigenvalue weighted by atomic mass is 35.5. The fourth-order valence-corrected chi connectivity index (χ4v) is 6.18. The summed E-state index contributed by atoms with van der Waals surface area (Å²) < 4.78 is 14.8. The molecule has 0 spiro atoms. The molecule has 7 heteroatoms. The quantitative estimate of drug-likeness (QED) is 0.288. The second kappa shape index (κ2) is 9.69. The van der Waals surface area contributed by atoms with Crippen molar-refractivity contribution in [3.63, 3.8) is 0 Å². The van der Waals surface area contributed by atoms with Crippen LogP contribution in [0.5, 0.6) is 0 Å². The Morgan fingerprint density at radius 2 is 1.70 bits per heavy atom. The molecule has 2 aliphatic rings. The molecule has 2 heterocycles. The summed E-state index contributed by atoms with van der Waals surface area (Å²) in [7, 11) is 0. The Morgan fingerprint density at radius 3 is 2.54 bits per heavy atom. The smallest absolute Gasteiger partial charge is 0.259 e. The highest BCUT2D eigenvalue weighted by Gasteiger charge is 2.30. The van der Waals surface area contributed by atoms with Crippen LogP contribution in [0.1, 0.15) is 37.4 Å². The summed E-state index contributed by atoms with van der Waals surface area (Å²) in [5.41, 5.74) is 4.22. The average molecular weight is 529 g/mol. The Bertz CT molecular complexity index is 1540. The van der Waals surface area contributed by atoms with Crippen molar-refractivity contribution in [3.8, 4) is 0 Å². The number of hydrogen-bond acceptors (Lipinski definition) is 3. The molecular weight excluding hydrogens is 507 g/mol. The maximum Gasteiger partial charge on any atom is 0.259 e. The Kier molecular flexibility index (Phi) is 6.22. The van der Waals surface area contributed by atoms with Crippen LogP contribution in [0, 0.1) is 5.82 Å². The molecule has 0 fully saturated rings. The predicted molar refractivity (Wildman–Crippen MR) is 144 cm³/mol. The molecule has 4 aromatic carbocycles. The Hall–Kier alpha value is -3.61. The predicted octanol–water partition coefficient (Wildman–Crippen LogP) is 6.99. The van der Waals surface area contributed by atoms with E-state index in [0.29, 0.717) is 29.9 Å². The number of hydrogen-bond donors (Lipinski definition) is 0. The lowest BCUT2D eigenvalue weighted by atomic mass is 9.99. The minimum atomic E-state index is -0.480. The molecule has 0 saturated heterocycles. The van der Waals surface area contributed by atoms with Gasteiger partial charge in [0.25, 0.3) is 11.8 Å². The number of benzene rings is 4. The van der Waals surface area contributed by atoms with Crippen molar-refractivity contribution in [2.45, 2.75) is 29.3 Å². The van der Waals surface area contributed by atoms with Gasteiger partial charge in [-0.2, -0.15) is 0 Å². The highest BCUT2D eigenvalue weighted by molar-refractivity contribution is 7.99. The fraction of sp³-hybridized carbons (Fsp3) is 0.133. The van der Waals surface area contributed by atoms with Gasteiger partial charge in [0.1, 0.15) is 5.82 Å². The molecule has 0 atom stereocenters. The van der Waals surface area contributed by atoms with Crippen LogP contribution < -0.4 is 4.90 Å². The molecule has 2 aliphatic heterocycles. The second-order valence-corrected chi connectivity index (χ2v) is 10.6. The van der Waals surface area contributed by atoms with E-state index in [-0.39, 0.29) is 28.9 Å². The zero-order chi connectivity index (χ0) is 25.5. The molecule has 0 saturated carbocycles. The van der Waals surface area contributed by atoms with Gasteiger partial charge in [-0.1, -0.05) is 65.8 Å². The number of amides is 2. The molecule has 4 aromatic rings. The van der Waals surface area contributed by atoms with Crippen LogP contribution in [-0.4, -0.2) is 23.3 Å². The summed E-state index contributed by atoms with van der Waals surface area (Å²) in [5.74, 6) is -0.843. The molecule has 4 nitrogen and oxygen atoms in total. The third-order valence-electron chi connectivity index (χ3n) is 6.87. The van der Waals surface area contributed by atoms with Gasteiger partial charge in [-0.3, -0.25) is 9.59 Å². The summed E-state index contributed by atoms with van der Waals surface area (Å²) in [6.45, 7) is 1.11. The van der Waals surface area contributed by atoms with E-state index < -0.39 is 5.82 Å². The van der Waals surface area contributed by atoms with E-state index in [9.17, 15) is 14.0 Å². The Morgan fingerprint density at radius 1 is 0.919 bits per heavy atom. The largest absolute Gasteiger partial charge is 0.334 e. The zero-order valence-corrected chi connectivity index (χ0v) is 21.4. The Labute approximate surface area is 223 Å². The van der Waals surface area contributed by atoms with Crippen LogP contribution in [0.25, 0.3) is 0 Å². The number of rotatable bonds is 3. The van der Waals surface area contributed by atoms with Crippen molar-refractivity contribution in [1.82, 2.24) is 4.90 Å². The van der Waals surface area contributed by atoms with Crippen LogP contribution in [-0.2, 0) is 19.5 Å². The van der Waals surface area contributed by atoms with Gasteiger partial charge in [-0.25, -0.2) is 4.39 Å². The van der Waals surface area contributed by atoms with Crippen LogP contribution >= 0.6 is 23.4 Å². The summed E-state index contributed by atoms with van der Waals surface area (Å²) in [6.07, 6.45) is 0.800. The van der Waals surface area contributed by atoms with Crippen molar-refractivity contribution in [3.05, 3.63) is 124 Å². The summed E-state index contributed by atoms with van der Waals surface area (Å²) in [4.78, 5) is 32.4. The first kappa shape index (κ1) is 23.8. The molecule has 0 unspecified atom stereocenters. The molecule has 6 rings (SSSR count). The molecule has 37 heavy (non-hydrogen) atoms. The maximum atomic E-state index is 14.8. The van der Waals surface area contributed by atoms with Gasteiger partial charge >= 0.3 is 0 Å². The molecule has 0 bridgehead atoms. The van der Waals surface area contributed by atoms with Crippen LogP contribution in [0.4, 0.5) is 10.1 Å². The number of anilines is 1. The molecule has 184 valence electrons. The van der Waals surface area contributed by atoms with E-state index in [0.717, 1.165) is 21.8 Å². The fourth-order valence-electron chi connectivity index (χ4n) is 4.90. The summed E-state index contributed by atoms with van der Waals surface area (Å²) in [6, 6.07) is 25.4. The van der Waals surface area contributed by atoms with Crippen molar-refractivity contribution < 1.29 is 14.0 Å². The van der Waals surface area contributed by atoms with Crippen LogP contribution in [0.2, 0.25) is 5.02 Å². The molecule has 0 radical (unpaired) electrons. The van der Waals surface area contributed by atoms with Crippen molar-refractivity contribution in [1.29, 1.82) is 0 Å². The van der Waals surface area contributed by atoms with Gasteiger partial charge in [0.15, 0.2) is 0 Å². The number of fused-ring (bicyclic) bond motifs is 3. The van der Waals surface area contributed by atoms with Crippen LogP contribution in [0.3, 0.4) is 0 Å². The van der Waals surface area contributed by atoms with E-state index in [1.54, 1.807) is 24.3 Å². The highest BCUT2D eigenvalue weighted by Crippen LogP contribution is 2.43. The van der Waals surface area contributed by atoms with Gasteiger partial charge in [0.05, 0.1) is 17.8 Å². The summed E-state index contributed by atoms with van der Waals surface area (Å²) >= 11 is 7.81. The van der Waals surface area contributed by atoms with Crippen molar-refractivity contribution in [2.24, 2.45) is 0 Å². The number of halogens is 2. The monoisotopic (exact) mass is 528 g/mol. The van der Waals surface area contributed by atoms with E-state index in [4.69, 9.17) is 11.6 Å². The number of carbonyl (C=O) groups excluding carboxylic acids is 2. The van der Waals surface area contributed by atoms with Crippen molar-refractivity contribution >= 4 is 40.9 Å². The number of carbonyl (C=O) groups is 2. The van der Waals surface area contributed by atoms with Gasteiger partial charge in [0, 0.05) is 39.0 Å². The van der Waals surface area contributed by atoms with Crippen molar-refractivity contribution in [2.75, 3.05) is 11.4 Å². The number of nitrogens with zero attached hydrogens (tertiary/aromatic N) is 2. The lowest BCUT2D eigenvalue weighted by Crippen LogP contribution is -2.36. The van der Waals surface area contributed by atoms with Gasteiger partial charge in [-0.15, -0.1) is 0 Å². The first-order valence-electron chi connectivity index (χ1n) is 12.0. The normalized spacial score (nSPS) is 14.5. The SMILES string of the molecule is O=C(c1ccc2c(c1)N(Cc1c(F)cccc1Cl)C(=O)c1ccccc1S2)N1CCc2ccccc2C1. The third-order valence-corrected chi connectivity index (χ3v) is 8.37. The van der Waals surface area contributed by atoms with Gasteiger partial charge in [-0.05, 0) is 60.0 Å². The maximum absolute atomic E-state index is 14.8. The van der Waals surface area contributed by atoms with Gasteiger partial charge in [0.2, 0.25) is 0 Å². The molecule has 2 amide bonds. The average Bonchev–Trinajstić information content (AvgIpc) is 3.03. The van der Waals surface area contributed by atoms with Crippen LogP contribution in [0.15, 0.2) is 94.7 Å². The standard InChI is InChI=1S/C30H22ClFN2O2S/c31-24-9-5-10-25(32)23(24)18-34-26-16-20(29(35)33-15-14-19-6-1-2-7-21(19)17-33)12-13-28(26)37-27-11-4-3-8-22(27)30(34)36/h1-13,16H,14-15,17-18H2. The molecule has 0 aromatic heterocycles. The minimum absolute atomic E-state index is 0.0546. The molecule has 0 N–H and O–H groups in total. The minimum Gasteiger partial charge on any atom is -0.334 e. The summed E-state index contributed by atoms with van der Waals surface area (Å²) in [5, 5.41) is 0.249. The topological polar surface area (TPSA) is 40.6 Å². The Balaban J connectivity index is 1.41. The first-order chi connectivity index (χ1) is 18.0. The van der Waals surface area contributed by atoms with E-state index in [2.05, 4.69) is 12.1 Å². The lowest BCUT2D eigenvalue weighted by Gasteiger charge is -2.29. The van der Waals surface area contributed by atoms with E-state index in [1.165, 1.54) is 34.4 Å². The van der Waals surface area contributed by atoms with E-state index in [1.807, 2.05) is 41.3 Å². The molecule has 0 aliphatic carbocycles. The lowest BCUT2D eigenvalue weighted by molar-refractivity contribution is 0.0734. The van der Waals surface area contributed by atoms with E-state index >= 15 is 0 Å².